The molecule has 2 amide bonds. The summed E-state index contributed by atoms with van der Waals surface area (Å²) in [5.41, 5.74) is 0. The van der Waals surface area contributed by atoms with Crippen molar-refractivity contribution in [3.63, 3.8) is 0 Å². The fourth-order valence-electron chi connectivity index (χ4n) is 1.20. The second kappa shape index (κ2) is 9.63. The van der Waals surface area contributed by atoms with E-state index >= 15 is 0 Å². The Hall–Kier alpha value is -1.38. The minimum atomic E-state index is -1.20. The zero-order valence-corrected chi connectivity index (χ0v) is 10.5. The van der Waals surface area contributed by atoms with Gasteiger partial charge in [0.05, 0.1) is 12.7 Å². The Balaban J connectivity index is 4.04. The minimum Gasteiger partial charge on any atom is -0.480 e. The zero-order chi connectivity index (χ0) is 14.0. The number of aliphatic carboxylic acids is 1. The van der Waals surface area contributed by atoms with Gasteiger partial charge in [-0.1, -0.05) is 0 Å². The number of aliphatic hydroxyl groups excluding tert-OH is 1. The normalized spacial score (nSPS) is 13.7. The third-order valence-electron chi connectivity index (χ3n) is 2.20. The van der Waals surface area contributed by atoms with Crippen LogP contribution in [0.25, 0.3) is 0 Å². The number of carbonyl (C=O) groups excluding carboxylic acids is 1. The lowest BCUT2D eigenvalue weighted by Gasteiger charge is -2.17. The van der Waals surface area contributed by atoms with E-state index in [0.717, 1.165) is 0 Å². The fourth-order valence-corrected chi connectivity index (χ4v) is 1.20. The molecule has 8 heteroatoms. The first kappa shape index (κ1) is 16.6. The van der Waals surface area contributed by atoms with Crippen LogP contribution in [0, 0.1) is 0 Å². The van der Waals surface area contributed by atoms with E-state index in [-0.39, 0.29) is 25.7 Å². The highest BCUT2D eigenvalue weighted by Crippen LogP contribution is 1.92. The molecule has 0 aromatic heterocycles. The number of rotatable bonds is 9. The number of carboxylic acid groups (broad SMARTS) is 1. The molecule has 2 atom stereocenters. The van der Waals surface area contributed by atoms with Crippen molar-refractivity contribution in [3.8, 4) is 0 Å². The number of urea groups is 1. The highest BCUT2D eigenvalue weighted by Gasteiger charge is 2.19. The Morgan fingerprint density at radius 3 is 2.44 bits per heavy atom. The van der Waals surface area contributed by atoms with Crippen molar-refractivity contribution in [1.82, 2.24) is 10.6 Å². The minimum absolute atomic E-state index is 0.0471. The first-order chi connectivity index (χ1) is 8.54. The monoisotopic (exact) mass is 264 g/mol. The van der Waals surface area contributed by atoms with Crippen LogP contribution in [0.2, 0.25) is 0 Å². The summed E-state index contributed by atoms with van der Waals surface area (Å²) in [5.74, 6) is -1.20. The average Bonchev–Trinajstić information content (AvgIpc) is 2.33. The molecule has 0 aliphatic carbocycles. The number of ether oxygens (including phenoxy) is 2. The third kappa shape index (κ3) is 7.05. The van der Waals surface area contributed by atoms with Crippen LogP contribution >= 0.6 is 0 Å². The van der Waals surface area contributed by atoms with Crippen molar-refractivity contribution in [2.75, 3.05) is 34.0 Å². The fraction of sp³-hybridized carbons (Fsp3) is 0.800. The molecule has 4 N–H and O–H groups in total. The van der Waals surface area contributed by atoms with Crippen molar-refractivity contribution in [3.05, 3.63) is 0 Å². The summed E-state index contributed by atoms with van der Waals surface area (Å²) in [4.78, 5) is 22.1. The van der Waals surface area contributed by atoms with E-state index in [1.165, 1.54) is 14.2 Å². The lowest BCUT2D eigenvalue weighted by Crippen LogP contribution is -2.48. The van der Waals surface area contributed by atoms with Gasteiger partial charge in [0, 0.05) is 33.8 Å². The number of nitrogens with one attached hydrogen (secondary N) is 2. The van der Waals surface area contributed by atoms with Gasteiger partial charge in [0.1, 0.15) is 6.04 Å². The molecule has 0 rings (SSSR count). The molecule has 0 aliphatic rings. The van der Waals surface area contributed by atoms with E-state index in [2.05, 4.69) is 10.6 Å². The summed E-state index contributed by atoms with van der Waals surface area (Å²) in [5, 5.41) is 22.1. The molecule has 0 bridgehead atoms. The number of methoxy groups -OCH3 is 2. The maximum absolute atomic E-state index is 11.4. The van der Waals surface area contributed by atoms with Crippen LogP contribution in [0.4, 0.5) is 4.79 Å². The van der Waals surface area contributed by atoms with Crippen LogP contribution in [0.15, 0.2) is 0 Å². The molecule has 0 saturated carbocycles. The van der Waals surface area contributed by atoms with Gasteiger partial charge >= 0.3 is 12.0 Å². The quantitative estimate of drug-likeness (QED) is 0.415. The van der Waals surface area contributed by atoms with Gasteiger partial charge in [-0.15, -0.1) is 0 Å². The van der Waals surface area contributed by atoms with Gasteiger partial charge in [0.15, 0.2) is 0 Å². The average molecular weight is 264 g/mol. The Labute approximate surface area is 105 Å². The van der Waals surface area contributed by atoms with Crippen molar-refractivity contribution >= 4 is 12.0 Å². The lowest BCUT2D eigenvalue weighted by atomic mass is 10.2. The summed E-state index contributed by atoms with van der Waals surface area (Å²) in [7, 11) is 2.99. The number of hydrogen-bond acceptors (Lipinski definition) is 5. The zero-order valence-electron chi connectivity index (χ0n) is 10.5. The van der Waals surface area contributed by atoms with E-state index < -0.39 is 18.0 Å². The Morgan fingerprint density at radius 2 is 2.00 bits per heavy atom. The largest absolute Gasteiger partial charge is 0.480 e. The molecule has 18 heavy (non-hydrogen) atoms. The van der Waals surface area contributed by atoms with Crippen molar-refractivity contribution in [2.45, 2.75) is 18.6 Å². The number of carbonyl (C=O) groups is 2. The summed E-state index contributed by atoms with van der Waals surface area (Å²) in [6, 6.07) is -1.74. The smallest absolute Gasteiger partial charge is 0.326 e. The molecule has 0 aromatic carbocycles. The van der Waals surface area contributed by atoms with E-state index in [4.69, 9.17) is 19.7 Å². The SMILES string of the molecule is COCC(CNC(=O)NC(CCO)C(=O)O)OC. The first-order valence-corrected chi connectivity index (χ1v) is 5.44. The summed E-state index contributed by atoms with van der Waals surface area (Å²) in [6.07, 6.45) is -0.351. The number of hydrogen-bond donors (Lipinski definition) is 4. The van der Waals surface area contributed by atoms with Gasteiger partial charge in [-0.25, -0.2) is 9.59 Å². The van der Waals surface area contributed by atoms with Crippen LogP contribution in [0.1, 0.15) is 6.42 Å². The van der Waals surface area contributed by atoms with Crippen LogP contribution in [-0.4, -0.2) is 68.3 Å². The molecule has 8 nitrogen and oxygen atoms in total. The van der Waals surface area contributed by atoms with Gasteiger partial charge in [-0.3, -0.25) is 0 Å². The summed E-state index contributed by atoms with van der Waals surface area (Å²) < 4.78 is 9.88. The van der Waals surface area contributed by atoms with Crippen molar-refractivity contribution in [1.29, 1.82) is 0 Å². The van der Waals surface area contributed by atoms with Crippen molar-refractivity contribution in [2.24, 2.45) is 0 Å². The molecular weight excluding hydrogens is 244 g/mol. The summed E-state index contributed by atoms with van der Waals surface area (Å²) >= 11 is 0. The molecule has 0 radical (unpaired) electrons. The van der Waals surface area contributed by atoms with Crippen LogP contribution in [0.3, 0.4) is 0 Å². The third-order valence-corrected chi connectivity index (χ3v) is 2.20. The van der Waals surface area contributed by atoms with Crippen LogP contribution in [-0.2, 0) is 14.3 Å². The first-order valence-electron chi connectivity index (χ1n) is 5.44. The van der Waals surface area contributed by atoms with E-state index in [1.54, 1.807) is 0 Å². The van der Waals surface area contributed by atoms with E-state index in [1.807, 2.05) is 0 Å². The highest BCUT2D eigenvalue weighted by molar-refractivity contribution is 5.82. The molecule has 0 fully saturated rings. The number of carboxylic acids is 1. The van der Waals surface area contributed by atoms with Crippen molar-refractivity contribution < 1.29 is 29.3 Å². The van der Waals surface area contributed by atoms with Gasteiger partial charge in [-0.05, 0) is 0 Å². The maximum Gasteiger partial charge on any atom is 0.326 e. The molecule has 0 saturated heterocycles. The topological polar surface area (TPSA) is 117 Å². The van der Waals surface area contributed by atoms with E-state index in [9.17, 15) is 9.59 Å². The van der Waals surface area contributed by atoms with E-state index in [0.29, 0.717) is 6.61 Å². The molecule has 0 spiro atoms. The Bertz CT molecular complexity index is 261. The number of aliphatic hydroxyl groups is 1. The molecule has 0 aliphatic heterocycles. The predicted octanol–water partition coefficient (Wildman–Crippen LogP) is -1.22. The number of amides is 2. The predicted molar refractivity (Wildman–Crippen MR) is 62.3 cm³/mol. The molecular formula is C10H20N2O6. The molecule has 0 heterocycles. The second-order valence-corrected chi connectivity index (χ2v) is 3.57. The lowest BCUT2D eigenvalue weighted by molar-refractivity contribution is -0.139. The van der Waals surface area contributed by atoms with Crippen LogP contribution in [0.5, 0.6) is 0 Å². The van der Waals surface area contributed by atoms with Gasteiger partial charge < -0.3 is 30.3 Å². The maximum atomic E-state index is 11.4. The molecule has 0 aromatic rings. The Morgan fingerprint density at radius 1 is 1.33 bits per heavy atom. The van der Waals surface area contributed by atoms with Crippen LogP contribution < -0.4 is 10.6 Å². The molecule has 2 unspecified atom stereocenters. The van der Waals surface area contributed by atoms with Gasteiger partial charge in [0.25, 0.3) is 0 Å². The molecule has 106 valence electrons. The summed E-state index contributed by atoms with van der Waals surface area (Å²) in [6.45, 7) is 0.193. The second-order valence-electron chi connectivity index (χ2n) is 3.57. The van der Waals surface area contributed by atoms with Gasteiger partial charge in [-0.2, -0.15) is 0 Å². The highest BCUT2D eigenvalue weighted by atomic mass is 16.5. The Kier molecular flexibility index (Phi) is 8.89. The standard InChI is InChI=1S/C10H20N2O6/c1-17-6-7(18-2)5-11-10(16)12-8(3-4-13)9(14)15/h7-8,13H,3-6H2,1-2H3,(H,14,15)(H2,11,12,16). The van der Waals surface area contributed by atoms with Gasteiger partial charge in [0.2, 0.25) is 0 Å².